The molecule has 0 radical (unpaired) electrons. The van der Waals surface area contributed by atoms with Gasteiger partial charge in [0.15, 0.2) is 0 Å². The molecule has 1 aliphatic rings. The maximum absolute atomic E-state index is 12.3. The van der Waals surface area contributed by atoms with Crippen molar-refractivity contribution >= 4 is 0 Å². The van der Waals surface area contributed by atoms with Gasteiger partial charge >= 0.3 is 0 Å². The molecule has 4 nitrogen and oxygen atoms in total. The van der Waals surface area contributed by atoms with Crippen LogP contribution in [-0.4, -0.2) is 14.7 Å². The van der Waals surface area contributed by atoms with Gasteiger partial charge in [0.05, 0.1) is 12.6 Å². The fourth-order valence-electron chi connectivity index (χ4n) is 2.74. The van der Waals surface area contributed by atoms with Crippen LogP contribution in [0, 0.1) is 5.92 Å². The minimum atomic E-state index is -0.187. The summed E-state index contributed by atoms with van der Waals surface area (Å²) in [6, 6.07) is 9.57. The van der Waals surface area contributed by atoms with E-state index in [-0.39, 0.29) is 16.9 Å². The summed E-state index contributed by atoms with van der Waals surface area (Å²) in [5.74, 6) is 1.13. The Labute approximate surface area is 136 Å². The molecule has 23 heavy (non-hydrogen) atoms. The lowest BCUT2D eigenvalue weighted by molar-refractivity contribution is 0.439. The minimum absolute atomic E-state index is 0.118. The first-order chi connectivity index (χ1) is 10.8. The molecule has 0 bridgehead atoms. The zero-order valence-electron chi connectivity index (χ0n) is 14.0. The molecule has 4 heteroatoms. The molecule has 1 aliphatic carbocycles. The van der Waals surface area contributed by atoms with Gasteiger partial charge in [-0.05, 0) is 35.3 Å². The van der Waals surface area contributed by atoms with Crippen LogP contribution in [0.5, 0.6) is 5.88 Å². The highest BCUT2D eigenvalue weighted by atomic mass is 16.3. The second-order valence-electron chi connectivity index (χ2n) is 7.55. The highest BCUT2D eigenvalue weighted by Gasteiger charge is 2.24. The van der Waals surface area contributed by atoms with Crippen LogP contribution in [0.1, 0.15) is 50.6 Å². The maximum Gasteiger partial charge on any atom is 0.257 e. The van der Waals surface area contributed by atoms with Crippen LogP contribution in [0.2, 0.25) is 0 Å². The molecule has 0 atom stereocenters. The van der Waals surface area contributed by atoms with E-state index in [0.29, 0.717) is 18.3 Å². The molecule has 1 N–H and O–H groups in total. The van der Waals surface area contributed by atoms with Crippen LogP contribution in [0.25, 0.3) is 0 Å². The lowest BCUT2D eigenvalue weighted by Gasteiger charge is -2.19. The van der Waals surface area contributed by atoms with Crippen molar-refractivity contribution in [2.45, 2.75) is 52.0 Å². The fraction of sp³-hybridized carbons (Fsp3) is 0.474. The Hall–Kier alpha value is -2.10. The predicted molar refractivity (Wildman–Crippen MR) is 90.8 cm³/mol. The van der Waals surface area contributed by atoms with Crippen LogP contribution < -0.4 is 5.56 Å². The molecule has 1 heterocycles. The van der Waals surface area contributed by atoms with Crippen molar-refractivity contribution in [1.82, 2.24) is 9.55 Å². The molecular weight excluding hydrogens is 288 g/mol. The van der Waals surface area contributed by atoms with Crippen LogP contribution in [0.3, 0.4) is 0 Å². The monoisotopic (exact) mass is 312 g/mol. The van der Waals surface area contributed by atoms with E-state index in [0.717, 1.165) is 12.0 Å². The average Bonchev–Trinajstić information content (AvgIpc) is 3.26. The van der Waals surface area contributed by atoms with E-state index in [1.54, 1.807) is 4.57 Å². The van der Waals surface area contributed by atoms with E-state index in [2.05, 4.69) is 50.0 Å². The number of nitrogens with zero attached hydrogens (tertiary/aromatic N) is 2. The van der Waals surface area contributed by atoms with E-state index >= 15 is 0 Å². The second-order valence-corrected chi connectivity index (χ2v) is 7.55. The average molecular weight is 312 g/mol. The minimum Gasteiger partial charge on any atom is -0.493 e. The number of hydrogen-bond donors (Lipinski definition) is 1. The molecule has 3 rings (SSSR count). The Morgan fingerprint density at radius 3 is 2.43 bits per heavy atom. The van der Waals surface area contributed by atoms with Crippen molar-refractivity contribution < 1.29 is 5.11 Å². The van der Waals surface area contributed by atoms with Crippen molar-refractivity contribution in [2.24, 2.45) is 5.92 Å². The SMILES string of the molecule is CC(C)(C)c1ccc(Cn2c(CC3CC3)nc(O)cc2=O)cc1. The third-order valence-corrected chi connectivity index (χ3v) is 4.40. The van der Waals surface area contributed by atoms with Gasteiger partial charge in [0.2, 0.25) is 5.88 Å². The normalized spacial score (nSPS) is 14.9. The van der Waals surface area contributed by atoms with Crippen LogP contribution in [-0.2, 0) is 18.4 Å². The van der Waals surface area contributed by atoms with Gasteiger partial charge in [-0.15, -0.1) is 0 Å². The summed E-state index contributed by atoms with van der Waals surface area (Å²) >= 11 is 0. The van der Waals surface area contributed by atoms with Crippen molar-refractivity contribution in [2.75, 3.05) is 0 Å². The number of hydrogen-bond acceptors (Lipinski definition) is 3. The van der Waals surface area contributed by atoms with Gasteiger partial charge in [0, 0.05) is 6.42 Å². The Bertz CT molecular complexity index is 750. The topological polar surface area (TPSA) is 55.1 Å². The largest absolute Gasteiger partial charge is 0.493 e. The third-order valence-electron chi connectivity index (χ3n) is 4.40. The van der Waals surface area contributed by atoms with Crippen molar-refractivity contribution in [3.8, 4) is 5.88 Å². The standard InChI is InChI=1S/C19H24N2O2/c1-19(2,3)15-8-6-14(7-9-15)12-21-16(10-13-4-5-13)20-17(22)11-18(21)23/h6-9,11,13,22H,4-5,10,12H2,1-3H3. The van der Waals surface area contributed by atoms with Crippen molar-refractivity contribution in [3.05, 3.63) is 57.6 Å². The summed E-state index contributed by atoms with van der Waals surface area (Å²) in [5.41, 5.74) is 2.28. The summed E-state index contributed by atoms with van der Waals surface area (Å²) in [4.78, 5) is 16.4. The third kappa shape index (κ3) is 3.81. The number of aromatic nitrogens is 2. The van der Waals surface area contributed by atoms with Gasteiger partial charge in [0.1, 0.15) is 5.82 Å². The summed E-state index contributed by atoms with van der Waals surface area (Å²) in [6.45, 7) is 7.05. The maximum atomic E-state index is 12.3. The van der Waals surface area contributed by atoms with Crippen molar-refractivity contribution in [3.63, 3.8) is 0 Å². The Morgan fingerprint density at radius 1 is 1.22 bits per heavy atom. The highest BCUT2D eigenvalue weighted by Crippen LogP contribution is 2.32. The molecule has 0 aliphatic heterocycles. The summed E-state index contributed by atoms with van der Waals surface area (Å²) in [6.07, 6.45) is 3.14. The first kappa shape index (κ1) is 15.8. The molecule has 1 saturated carbocycles. The number of benzene rings is 1. The molecular formula is C19H24N2O2. The molecule has 0 amide bonds. The van der Waals surface area contributed by atoms with Gasteiger partial charge in [-0.25, -0.2) is 4.98 Å². The lowest BCUT2D eigenvalue weighted by Crippen LogP contribution is -2.25. The summed E-state index contributed by atoms with van der Waals surface area (Å²) < 4.78 is 1.68. The molecule has 0 saturated heterocycles. The quantitative estimate of drug-likeness (QED) is 0.943. The molecule has 122 valence electrons. The Kier molecular flexibility index (Phi) is 4.00. The molecule has 1 aromatic carbocycles. The van der Waals surface area contributed by atoms with E-state index in [9.17, 15) is 9.90 Å². The van der Waals surface area contributed by atoms with Gasteiger partial charge in [0.25, 0.3) is 5.56 Å². The van der Waals surface area contributed by atoms with E-state index in [1.165, 1.54) is 24.5 Å². The molecule has 1 fully saturated rings. The Morgan fingerprint density at radius 2 is 1.87 bits per heavy atom. The zero-order chi connectivity index (χ0) is 16.6. The summed E-state index contributed by atoms with van der Waals surface area (Å²) in [7, 11) is 0. The number of aromatic hydroxyl groups is 1. The first-order valence-corrected chi connectivity index (χ1v) is 8.22. The van der Waals surface area contributed by atoms with Gasteiger partial charge in [-0.1, -0.05) is 45.0 Å². The van der Waals surface area contributed by atoms with Crippen LogP contribution in [0.4, 0.5) is 0 Å². The smallest absolute Gasteiger partial charge is 0.257 e. The second kappa shape index (κ2) is 5.84. The van der Waals surface area contributed by atoms with Gasteiger partial charge < -0.3 is 5.11 Å². The predicted octanol–water partition coefficient (Wildman–Crippen LogP) is 3.25. The van der Waals surface area contributed by atoms with Gasteiger partial charge in [-0.3, -0.25) is 9.36 Å². The molecule has 0 spiro atoms. The number of rotatable bonds is 4. The van der Waals surface area contributed by atoms with E-state index < -0.39 is 0 Å². The molecule has 0 unspecified atom stereocenters. The lowest BCUT2D eigenvalue weighted by atomic mass is 9.87. The zero-order valence-corrected chi connectivity index (χ0v) is 14.0. The molecule has 1 aromatic heterocycles. The van der Waals surface area contributed by atoms with Crippen molar-refractivity contribution in [1.29, 1.82) is 0 Å². The first-order valence-electron chi connectivity index (χ1n) is 8.22. The fourth-order valence-corrected chi connectivity index (χ4v) is 2.74. The van der Waals surface area contributed by atoms with E-state index in [1.807, 2.05) is 0 Å². The molecule has 2 aromatic rings. The summed E-state index contributed by atoms with van der Waals surface area (Å²) in [5, 5.41) is 9.62. The van der Waals surface area contributed by atoms with Gasteiger partial charge in [-0.2, -0.15) is 0 Å². The van der Waals surface area contributed by atoms with E-state index in [4.69, 9.17) is 0 Å². The van der Waals surface area contributed by atoms with Crippen LogP contribution in [0.15, 0.2) is 35.1 Å². The van der Waals surface area contributed by atoms with Crippen LogP contribution >= 0.6 is 0 Å². The highest BCUT2D eigenvalue weighted by molar-refractivity contribution is 5.28. The Balaban J connectivity index is 1.88.